The van der Waals surface area contributed by atoms with Gasteiger partial charge in [-0.05, 0) is 70.0 Å². The van der Waals surface area contributed by atoms with Crippen molar-refractivity contribution in [3.8, 4) is 0 Å². The first-order valence-electron chi connectivity index (χ1n) is 7.00. The molecule has 1 heterocycles. The molecule has 0 radical (unpaired) electrons. The van der Waals surface area contributed by atoms with E-state index < -0.39 is 0 Å². The van der Waals surface area contributed by atoms with Gasteiger partial charge in [0.2, 0.25) is 0 Å². The molecule has 1 heteroatoms. The van der Waals surface area contributed by atoms with Crippen molar-refractivity contribution in [3.63, 3.8) is 0 Å². The summed E-state index contributed by atoms with van der Waals surface area (Å²) in [6.07, 6.45) is 0. The molecule has 0 spiro atoms. The van der Waals surface area contributed by atoms with E-state index in [2.05, 4.69) is 69.5 Å². The van der Waals surface area contributed by atoms with Crippen LogP contribution in [0, 0.1) is 20.8 Å². The van der Waals surface area contributed by atoms with Gasteiger partial charge in [-0.25, -0.2) is 0 Å². The second-order valence-electron chi connectivity index (χ2n) is 5.94. The molecular formula is C18H21N. The molecule has 0 amide bonds. The van der Waals surface area contributed by atoms with Crippen LogP contribution in [0.1, 0.15) is 36.6 Å². The lowest BCUT2D eigenvalue weighted by molar-refractivity contribution is 0.642. The number of aromatic nitrogens is 1. The van der Waals surface area contributed by atoms with Crippen molar-refractivity contribution in [1.82, 2.24) is 4.57 Å². The van der Waals surface area contributed by atoms with Crippen molar-refractivity contribution < 1.29 is 0 Å². The van der Waals surface area contributed by atoms with Crippen molar-refractivity contribution in [2.75, 3.05) is 0 Å². The Balaban J connectivity index is 2.57. The van der Waals surface area contributed by atoms with Crippen molar-refractivity contribution in [2.45, 2.75) is 40.7 Å². The zero-order chi connectivity index (χ0) is 13.7. The van der Waals surface area contributed by atoms with Crippen LogP contribution in [0.15, 0.2) is 30.3 Å². The maximum absolute atomic E-state index is 2.45. The lowest BCUT2D eigenvalue weighted by atomic mass is 10.0. The highest BCUT2D eigenvalue weighted by Gasteiger charge is 2.13. The molecular weight excluding hydrogens is 230 g/mol. The highest BCUT2D eigenvalue weighted by molar-refractivity contribution is 6.08. The quantitative estimate of drug-likeness (QED) is 0.553. The molecule has 3 rings (SSSR count). The number of rotatable bonds is 1. The van der Waals surface area contributed by atoms with Gasteiger partial charge in [-0.15, -0.1) is 0 Å². The van der Waals surface area contributed by atoms with E-state index >= 15 is 0 Å². The molecule has 2 aromatic carbocycles. The standard InChI is InChI=1S/C18H21N/c1-11(2)19-17-7-6-12(3)8-15(17)16-9-13(4)14(5)10-18(16)19/h6-11H,1-5H3. The van der Waals surface area contributed by atoms with Crippen LogP contribution >= 0.6 is 0 Å². The van der Waals surface area contributed by atoms with Gasteiger partial charge in [0.1, 0.15) is 0 Å². The van der Waals surface area contributed by atoms with E-state index in [0.29, 0.717) is 6.04 Å². The van der Waals surface area contributed by atoms with Gasteiger partial charge in [0, 0.05) is 27.8 Å². The van der Waals surface area contributed by atoms with Crippen LogP contribution in [0.25, 0.3) is 21.8 Å². The van der Waals surface area contributed by atoms with Crippen molar-refractivity contribution >= 4 is 21.8 Å². The minimum atomic E-state index is 0.477. The second kappa shape index (κ2) is 4.12. The van der Waals surface area contributed by atoms with Gasteiger partial charge in [-0.1, -0.05) is 11.6 Å². The summed E-state index contributed by atoms with van der Waals surface area (Å²) in [5.41, 5.74) is 6.78. The molecule has 0 fully saturated rings. The predicted octanol–water partition coefficient (Wildman–Crippen LogP) is 5.30. The number of aryl methyl sites for hydroxylation is 3. The highest BCUT2D eigenvalue weighted by Crippen LogP contribution is 2.33. The normalized spacial score (nSPS) is 11.9. The van der Waals surface area contributed by atoms with Gasteiger partial charge in [-0.3, -0.25) is 0 Å². The summed E-state index contributed by atoms with van der Waals surface area (Å²) >= 11 is 0. The average Bonchev–Trinajstić information content (AvgIpc) is 2.63. The Bertz CT molecular complexity index is 775. The lowest BCUT2D eigenvalue weighted by Crippen LogP contribution is -2.00. The summed E-state index contributed by atoms with van der Waals surface area (Å²) in [5, 5.41) is 2.77. The van der Waals surface area contributed by atoms with Crippen LogP contribution in [0.4, 0.5) is 0 Å². The Morgan fingerprint density at radius 2 is 1.42 bits per heavy atom. The molecule has 3 aromatic rings. The second-order valence-corrected chi connectivity index (χ2v) is 5.94. The number of fused-ring (bicyclic) bond motifs is 3. The van der Waals surface area contributed by atoms with Gasteiger partial charge >= 0.3 is 0 Å². The summed E-state index contributed by atoms with van der Waals surface area (Å²) in [6, 6.07) is 11.9. The topological polar surface area (TPSA) is 4.93 Å². The van der Waals surface area contributed by atoms with E-state index in [4.69, 9.17) is 0 Å². The van der Waals surface area contributed by atoms with Crippen LogP contribution in [0.2, 0.25) is 0 Å². The van der Waals surface area contributed by atoms with Crippen LogP contribution < -0.4 is 0 Å². The van der Waals surface area contributed by atoms with E-state index in [1.54, 1.807) is 0 Å². The zero-order valence-electron chi connectivity index (χ0n) is 12.4. The first-order chi connectivity index (χ1) is 8.99. The SMILES string of the molecule is Cc1ccc2c(c1)c1cc(C)c(C)cc1n2C(C)C. The fraction of sp³-hybridized carbons (Fsp3) is 0.333. The molecule has 1 aromatic heterocycles. The molecule has 0 unspecified atom stereocenters. The van der Waals surface area contributed by atoms with Crippen molar-refractivity contribution in [2.24, 2.45) is 0 Å². The summed E-state index contributed by atoms with van der Waals surface area (Å²) < 4.78 is 2.45. The van der Waals surface area contributed by atoms with Crippen LogP contribution in [-0.2, 0) is 0 Å². The van der Waals surface area contributed by atoms with E-state index in [1.807, 2.05) is 0 Å². The highest BCUT2D eigenvalue weighted by atomic mass is 15.0. The summed E-state index contributed by atoms with van der Waals surface area (Å²) in [5.74, 6) is 0. The van der Waals surface area contributed by atoms with Crippen LogP contribution in [0.3, 0.4) is 0 Å². The molecule has 1 nitrogen and oxygen atoms in total. The number of nitrogens with zero attached hydrogens (tertiary/aromatic N) is 1. The minimum absolute atomic E-state index is 0.477. The smallest absolute Gasteiger partial charge is 0.0496 e. The molecule has 0 aliphatic carbocycles. The third kappa shape index (κ3) is 1.76. The molecule has 0 bridgehead atoms. The van der Waals surface area contributed by atoms with Crippen LogP contribution in [-0.4, -0.2) is 4.57 Å². The number of hydrogen-bond acceptors (Lipinski definition) is 0. The zero-order valence-corrected chi connectivity index (χ0v) is 12.4. The predicted molar refractivity (Wildman–Crippen MR) is 84.0 cm³/mol. The van der Waals surface area contributed by atoms with Crippen molar-refractivity contribution in [3.05, 3.63) is 47.0 Å². The van der Waals surface area contributed by atoms with Gasteiger partial charge < -0.3 is 4.57 Å². The monoisotopic (exact) mass is 251 g/mol. The fourth-order valence-electron chi connectivity index (χ4n) is 2.98. The maximum Gasteiger partial charge on any atom is 0.0496 e. The Labute approximate surface area is 114 Å². The number of hydrogen-bond donors (Lipinski definition) is 0. The van der Waals surface area contributed by atoms with E-state index in [0.717, 1.165) is 0 Å². The van der Waals surface area contributed by atoms with E-state index in [1.165, 1.54) is 38.5 Å². The molecule has 0 aliphatic rings. The minimum Gasteiger partial charge on any atom is -0.338 e. The lowest BCUT2D eigenvalue weighted by Gasteiger charge is -2.12. The Hall–Kier alpha value is -1.76. The first kappa shape index (κ1) is 12.3. The Morgan fingerprint density at radius 1 is 0.789 bits per heavy atom. The van der Waals surface area contributed by atoms with Crippen molar-refractivity contribution in [1.29, 1.82) is 0 Å². The molecule has 0 N–H and O–H groups in total. The third-order valence-corrected chi connectivity index (χ3v) is 4.09. The van der Waals surface area contributed by atoms with Gasteiger partial charge in [0.15, 0.2) is 0 Å². The largest absolute Gasteiger partial charge is 0.338 e. The molecule has 0 aliphatic heterocycles. The maximum atomic E-state index is 2.45. The van der Waals surface area contributed by atoms with Gasteiger partial charge in [0.25, 0.3) is 0 Å². The molecule has 0 saturated heterocycles. The number of benzene rings is 2. The van der Waals surface area contributed by atoms with E-state index in [9.17, 15) is 0 Å². The summed E-state index contributed by atoms with van der Waals surface area (Å²) in [7, 11) is 0. The first-order valence-corrected chi connectivity index (χ1v) is 7.00. The molecule has 0 saturated carbocycles. The molecule has 19 heavy (non-hydrogen) atoms. The molecule has 0 atom stereocenters. The third-order valence-electron chi connectivity index (χ3n) is 4.09. The fourth-order valence-corrected chi connectivity index (χ4v) is 2.98. The molecule has 98 valence electrons. The Morgan fingerprint density at radius 3 is 2.11 bits per heavy atom. The van der Waals surface area contributed by atoms with Gasteiger partial charge in [-0.2, -0.15) is 0 Å². The van der Waals surface area contributed by atoms with Gasteiger partial charge in [0.05, 0.1) is 0 Å². The van der Waals surface area contributed by atoms with E-state index in [-0.39, 0.29) is 0 Å². The summed E-state index contributed by atoms with van der Waals surface area (Å²) in [6.45, 7) is 11.1. The van der Waals surface area contributed by atoms with Crippen LogP contribution in [0.5, 0.6) is 0 Å². The Kier molecular flexibility index (Phi) is 2.67. The average molecular weight is 251 g/mol. The summed E-state index contributed by atoms with van der Waals surface area (Å²) in [4.78, 5) is 0.